The maximum Gasteiger partial charge on any atom is 0.0439 e. The number of aliphatic hydroxyl groups excluding tert-OH is 1. The number of aliphatic hydroxyl groups is 1. The van der Waals surface area contributed by atoms with Crippen molar-refractivity contribution >= 4 is 17.4 Å². The van der Waals surface area contributed by atoms with Crippen LogP contribution in [-0.2, 0) is 0 Å². The fourth-order valence-corrected chi connectivity index (χ4v) is 2.53. The third-order valence-electron chi connectivity index (χ3n) is 2.90. The maximum absolute atomic E-state index is 8.70. The normalized spacial score (nSPS) is 15.8. The number of benzene rings is 1. The molecule has 0 amide bonds. The number of rotatable bonds is 6. The first-order valence-corrected chi connectivity index (χ1v) is 6.97. The Bertz CT molecular complexity index is 308. The fraction of sp³-hybridized carbons (Fsp3) is 0.538. The van der Waals surface area contributed by atoms with Gasteiger partial charge in [-0.15, -0.1) is 11.8 Å². The molecule has 1 aromatic carbocycles. The largest absolute Gasteiger partial charge is 0.396 e. The SMILES string of the molecule is OCCCSc1ccc(NC2CCC2)cc1. The molecule has 0 unspecified atom stereocenters. The Morgan fingerprint density at radius 1 is 1.25 bits per heavy atom. The fourth-order valence-electron chi connectivity index (χ4n) is 1.69. The monoisotopic (exact) mass is 237 g/mol. The van der Waals surface area contributed by atoms with Crippen molar-refractivity contribution in [2.24, 2.45) is 0 Å². The Morgan fingerprint density at radius 2 is 2.00 bits per heavy atom. The van der Waals surface area contributed by atoms with Crippen molar-refractivity contribution < 1.29 is 5.11 Å². The minimum Gasteiger partial charge on any atom is -0.396 e. The first-order valence-electron chi connectivity index (χ1n) is 5.99. The van der Waals surface area contributed by atoms with Crippen molar-refractivity contribution in [1.29, 1.82) is 0 Å². The van der Waals surface area contributed by atoms with Crippen LogP contribution in [-0.4, -0.2) is 23.5 Å². The molecule has 0 aliphatic heterocycles. The molecule has 2 N–H and O–H groups in total. The highest BCUT2D eigenvalue weighted by atomic mass is 32.2. The predicted molar refractivity (Wildman–Crippen MR) is 70.1 cm³/mol. The quantitative estimate of drug-likeness (QED) is 0.589. The zero-order chi connectivity index (χ0) is 11.2. The summed E-state index contributed by atoms with van der Waals surface area (Å²) in [6.07, 6.45) is 4.86. The summed E-state index contributed by atoms with van der Waals surface area (Å²) < 4.78 is 0. The van der Waals surface area contributed by atoms with Crippen LogP contribution in [0.5, 0.6) is 0 Å². The summed E-state index contributed by atoms with van der Waals surface area (Å²) in [7, 11) is 0. The minimum absolute atomic E-state index is 0.286. The molecule has 0 saturated heterocycles. The summed E-state index contributed by atoms with van der Waals surface area (Å²) in [6, 6.07) is 9.32. The van der Waals surface area contributed by atoms with E-state index in [0.29, 0.717) is 6.04 Å². The van der Waals surface area contributed by atoms with Gasteiger partial charge in [0.1, 0.15) is 0 Å². The summed E-state index contributed by atoms with van der Waals surface area (Å²) in [4.78, 5) is 1.28. The van der Waals surface area contributed by atoms with E-state index in [1.54, 1.807) is 11.8 Å². The molecule has 1 aliphatic carbocycles. The minimum atomic E-state index is 0.286. The van der Waals surface area contributed by atoms with E-state index in [9.17, 15) is 0 Å². The number of nitrogens with one attached hydrogen (secondary N) is 1. The van der Waals surface area contributed by atoms with Gasteiger partial charge in [-0.3, -0.25) is 0 Å². The summed E-state index contributed by atoms with van der Waals surface area (Å²) in [5.41, 5.74) is 1.23. The van der Waals surface area contributed by atoms with Gasteiger partial charge in [0.05, 0.1) is 0 Å². The van der Waals surface area contributed by atoms with Gasteiger partial charge in [0.2, 0.25) is 0 Å². The first-order chi connectivity index (χ1) is 7.88. The van der Waals surface area contributed by atoms with Gasteiger partial charge >= 0.3 is 0 Å². The topological polar surface area (TPSA) is 32.3 Å². The van der Waals surface area contributed by atoms with Crippen molar-refractivity contribution in [2.45, 2.75) is 36.6 Å². The second kappa shape index (κ2) is 6.16. The van der Waals surface area contributed by atoms with Crippen molar-refractivity contribution in [2.75, 3.05) is 17.7 Å². The van der Waals surface area contributed by atoms with E-state index in [1.807, 2.05) is 0 Å². The second-order valence-electron chi connectivity index (χ2n) is 4.22. The second-order valence-corrected chi connectivity index (χ2v) is 5.39. The Balaban J connectivity index is 1.78. The molecule has 1 aliphatic rings. The molecule has 2 rings (SSSR count). The molecule has 2 nitrogen and oxygen atoms in total. The highest BCUT2D eigenvalue weighted by Crippen LogP contribution is 2.25. The third kappa shape index (κ3) is 3.42. The van der Waals surface area contributed by atoms with Crippen molar-refractivity contribution in [3.63, 3.8) is 0 Å². The summed E-state index contributed by atoms with van der Waals surface area (Å²) in [5.74, 6) is 0.992. The van der Waals surface area contributed by atoms with Crippen LogP contribution in [0.15, 0.2) is 29.2 Å². The predicted octanol–water partition coefficient (Wildman–Crippen LogP) is 3.13. The van der Waals surface area contributed by atoms with Crippen LogP contribution in [0, 0.1) is 0 Å². The Labute approximate surface area is 101 Å². The number of hydrogen-bond donors (Lipinski definition) is 2. The average molecular weight is 237 g/mol. The number of thioether (sulfide) groups is 1. The van der Waals surface area contributed by atoms with Crippen LogP contribution >= 0.6 is 11.8 Å². The van der Waals surface area contributed by atoms with Gasteiger partial charge in [-0.2, -0.15) is 0 Å². The van der Waals surface area contributed by atoms with E-state index < -0.39 is 0 Å². The molecule has 0 bridgehead atoms. The van der Waals surface area contributed by atoms with E-state index in [2.05, 4.69) is 29.6 Å². The van der Waals surface area contributed by atoms with Gasteiger partial charge in [-0.1, -0.05) is 0 Å². The van der Waals surface area contributed by atoms with Gasteiger partial charge in [0, 0.05) is 29.0 Å². The van der Waals surface area contributed by atoms with Crippen LogP contribution in [0.3, 0.4) is 0 Å². The highest BCUT2D eigenvalue weighted by Gasteiger charge is 2.16. The van der Waals surface area contributed by atoms with E-state index >= 15 is 0 Å². The van der Waals surface area contributed by atoms with Crippen LogP contribution in [0.2, 0.25) is 0 Å². The molecule has 1 saturated carbocycles. The van der Waals surface area contributed by atoms with E-state index in [0.717, 1.165) is 12.2 Å². The van der Waals surface area contributed by atoms with E-state index in [-0.39, 0.29) is 6.61 Å². The standard InChI is InChI=1S/C13H19NOS/c15-9-2-10-16-13-7-5-12(6-8-13)14-11-3-1-4-11/h5-8,11,14-15H,1-4,9-10H2. The lowest BCUT2D eigenvalue weighted by Crippen LogP contribution is -2.26. The highest BCUT2D eigenvalue weighted by molar-refractivity contribution is 7.99. The zero-order valence-electron chi connectivity index (χ0n) is 9.48. The molecule has 0 atom stereocenters. The Hall–Kier alpha value is -0.670. The summed E-state index contributed by atoms with van der Waals surface area (Å²) >= 11 is 1.80. The first kappa shape index (κ1) is 11.8. The van der Waals surface area contributed by atoms with Crippen LogP contribution in [0.1, 0.15) is 25.7 Å². The molecule has 16 heavy (non-hydrogen) atoms. The molecule has 1 fully saturated rings. The number of anilines is 1. The zero-order valence-corrected chi connectivity index (χ0v) is 10.3. The van der Waals surface area contributed by atoms with Gasteiger partial charge in [-0.25, -0.2) is 0 Å². The molecule has 0 aromatic heterocycles. The summed E-state index contributed by atoms with van der Waals surface area (Å²) in [6.45, 7) is 0.286. The van der Waals surface area contributed by atoms with E-state index in [1.165, 1.54) is 29.8 Å². The van der Waals surface area contributed by atoms with Crippen LogP contribution in [0.25, 0.3) is 0 Å². The molecular formula is C13H19NOS. The lowest BCUT2D eigenvalue weighted by Gasteiger charge is -2.27. The molecule has 3 heteroatoms. The molecule has 0 spiro atoms. The average Bonchev–Trinajstić information content (AvgIpc) is 2.26. The molecule has 88 valence electrons. The van der Waals surface area contributed by atoms with E-state index in [4.69, 9.17) is 5.11 Å². The van der Waals surface area contributed by atoms with Crippen LogP contribution < -0.4 is 5.32 Å². The third-order valence-corrected chi connectivity index (χ3v) is 4.00. The lowest BCUT2D eigenvalue weighted by molar-refractivity contribution is 0.296. The van der Waals surface area contributed by atoms with Crippen molar-refractivity contribution in [1.82, 2.24) is 0 Å². The van der Waals surface area contributed by atoms with Gasteiger partial charge in [0.15, 0.2) is 0 Å². The van der Waals surface area contributed by atoms with Crippen LogP contribution in [0.4, 0.5) is 5.69 Å². The Morgan fingerprint density at radius 3 is 2.56 bits per heavy atom. The number of hydrogen-bond acceptors (Lipinski definition) is 3. The smallest absolute Gasteiger partial charge is 0.0439 e. The van der Waals surface area contributed by atoms with Crippen molar-refractivity contribution in [3.8, 4) is 0 Å². The summed E-state index contributed by atoms with van der Waals surface area (Å²) in [5, 5.41) is 12.2. The lowest BCUT2D eigenvalue weighted by atomic mass is 9.93. The molecule has 1 aromatic rings. The van der Waals surface area contributed by atoms with Gasteiger partial charge in [0.25, 0.3) is 0 Å². The molecule has 0 radical (unpaired) electrons. The van der Waals surface area contributed by atoms with Crippen molar-refractivity contribution in [3.05, 3.63) is 24.3 Å². The Kier molecular flexibility index (Phi) is 4.55. The molecular weight excluding hydrogens is 218 g/mol. The van der Waals surface area contributed by atoms with Gasteiger partial charge in [-0.05, 0) is 49.9 Å². The molecule has 0 heterocycles. The van der Waals surface area contributed by atoms with Gasteiger partial charge < -0.3 is 10.4 Å². The maximum atomic E-state index is 8.70.